The number of pyridine rings is 1. The van der Waals surface area contributed by atoms with Gasteiger partial charge in [0.2, 0.25) is 0 Å². The smallest absolute Gasteiger partial charge is 0.274 e. The number of methoxy groups -OCH3 is 1. The fourth-order valence-electron chi connectivity index (χ4n) is 4.50. The maximum absolute atomic E-state index is 15.0. The van der Waals surface area contributed by atoms with Crippen LogP contribution in [0, 0.1) is 31.0 Å². The number of hydrogen-bond acceptors (Lipinski definition) is 7. The van der Waals surface area contributed by atoms with Crippen LogP contribution in [-0.4, -0.2) is 41.1 Å². The van der Waals surface area contributed by atoms with Crippen LogP contribution in [0.4, 0.5) is 10.1 Å². The highest BCUT2D eigenvalue weighted by molar-refractivity contribution is 8.15. The molecule has 0 spiro atoms. The lowest BCUT2D eigenvalue weighted by Crippen LogP contribution is -2.37. The molecule has 1 aromatic carbocycles. The van der Waals surface area contributed by atoms with Crippen molar-refractivity contribution in [1.29, 1.82) is 0 Å². The van der Waals surface area contributed by atoms with E-state index in [0.717, 1.165) is 6.42 Å². The zero-order valence-electron chi connectivity index (χ0n) is 18.6. The molecule has 9 heteroatoms. The van der Waals surface area contributed by atoms with Crippen LogP contribution in [0.15, 0.2) is 35.5 Å². The third-order valence-corrected chi connectivity index (χ3v) is 7.38. The lowest BCUT2D eigenvalue weighted by atomic mass is 9.85. The Kier molecular flexibility index (Phi) is 6.08. The van der Waals surface area contributed by atoms with Crippen LogP contribution < -0.4 is 15.8 Å². The number of thioether (sulfide) groups is 1. The van der Waals surface area contributed by atoms with Crippen molar-refractivity contribution in [2.75, 3.05) is 25.6 Å². The van der Waals surface area contributed by atoms with Crippen molar-refractivity contribution < 1.29 is 18.7 Å². The van der Waals surface area contributed by atoms with Crippen LogP contribution >= 0.6 is 11.8 Å². The fraction of sp³-hybridized carbons (Fsp3) is 0.375. The first-order valence-corrected chi connectivity index (χ1v) is 11.2. The Labute approximate surface area is 196 Å². The molecular weight excluding hydrogens is 443 g/mol. The summed E-state index contributed by atoms with van der Waals surface area (Å²) in [4.78, 5) is 21.7. The Bertz CT molecular complexity index is 1180. The SMILES string of the molecule is C#CCOc1cnc(C(=O)Nc2ccc(F)c([C@@]3(C)N=C(N)S[C@@]4(COC)CC43)c2)c(C)c1. The molecule has 1 aliphatic heterocycles. The van der Waals surface area contributed by atoms with Gasteiger partial charge in [-0.1, -0.05) is 17.7 Å². The Balaban J connectivity index is 1.59. The van der Waals surface area contributed by atoms with Gasteiger partial charge in [0.05, 0.1) is 23.1 Å². The van der Waals surface area contributed by atoms with Gasteiger partial charge in [0, 0.05) is 24.3 Å². The number of ether oxygens (including phenoxy) is 2. The van der Waals surface area contributed by atoms with Gasteiger partial charge in [-0.25, -0.2) is 9.37 Å². The van der Waals surface area contributed by atoms with Crippen LogP contribution in [0.2, 0.25) is 0 Å². The largest absolute Gasteiger partial charge is 0.479 e. The van der Waals surface area contributed by atoms with Gasteiger partial charge in [-0.2, -0.15) is 0 Å². The average Bonchev–Trinajstić information content (AvgIpc) is 3.48. The number of nitrogens with two attached hydrogens (primary N) is 1. The number of terminal acetylenes is 1. The quantitative estimate of drug-likeness (QED) is 0.604. The lowest BCUT2D eigenvalue weighted by Gasteiger charge is -2.34. The molecule has 7 nitrogen and oxygen atoms in total. The molecule has 2 heterocycles. The van der Waals surface area contributed by atoms with Crippen LogP contribution in [0.3, 0.4) is 0 Å². The summed E-state index contributed by atoms with van der Waals surface area (Å²) < 4.78 is 25.5. The molecule has 3 atom stereocenters. The number of nitrogens with one attached hydrogen (secondary N) is 1. The molecule has 33 heavy (non-hydrogen) atoms. The first-order chi connectivity index (χ1) is 15.7. The van der Waals surface area contributed by atoms with E-state index in [9.17, 15) is 9.18 Å². The second-order valence-corrected chi connectivity index (χ2v) is 9.87. The number of aryl methyl sites for hydroxylation is 1. The zero-order chi connectivity index (χ0) is 23.8. The normalized spacial score (nSPS) is 25.4. The van der Waals surface area contributed by atoms with Crippen LogP contribution in [0.5, 0.6) is 5.75 Å². The molecule has 1 fully saturated rings. The minimum absolute atomic E-state index is 0.0715. The second kappa shape index (κ2) is 8.69. The molecular formula is C24H25FN4O3S. The van der Waals surface area contributed by atoms with Crippen LogP contribution in [-0.2, 0) is 10.3 Å². The molecule has 1 unspecified atom stereocenters. The van der Waals surface area contributed by atoms with Crippen molar-refractivity contribution in [1.82, 2.24) is 4.98 Å². The molecule has 3 N–H and O–H groups in total. The summed E-state index contributed by atoms with van der Waals surface area (Å²) in [7, 11) is 1.64. The Morgan fingerprint density at radius 2 is 2.24 bits per heavy atom. The van der Waals surface area contributed by atoms with Gasteiger partial charge in [-0.3, -0.25) is 9.79 Å². The number of halogens is 1. The fourth-order valence-corrected chi connectivity index (χ4v) is 5.95. The van der Waals surface area contributed by atoms with Gasteiger partial charge in [-0.05, 0) is 50.1 Å². The number of amides is 1. The molecule has 2 aromatic rings. The molecule has 1 saturated carbocycles. The maximum atomic E-state index is 15.0. The Morgan fingerprint density at radius 1 is 1.45 bits per heavy atom. The van der Waals surface area contributed by atoms with Gasteiger partial charge < -0.3 is 20.5 Å². The highest BCUT2D eigenvalue weighted by atomic mass is 32.2. The van der Waals surface area contributed by atoms with Gasteiger partial charge in [0.25, 0.3) is 5.91 Å². The second-order valence-electron chi connectivity index (χ2n) is 8.43. The number of carbonyl (C=O) groups excluding carboxylic acids is 1. The molecule has 1 amide bonds. The number of rotatable bonds is 7. The van der Waals surface area contributed by atoms with Crippen molar-refractivity contribution in [2.45, 2.75) is 30.6 Å². The van der Waals surface area contributed by atoms with Crippen molar-refractivity contribution in [3.8, 4) is 18.1 Å². The first kappa shape index (κ1) is 23.1. The van der Waals surface area contributed by atoms with E-state index < -0.39 is 17.3 Å². The molecule has 0 saturated heterocycles. The van der Waals surface area contributed by atoms with Crippen LogP contribution in [0.1, 0.15) is 35.0 Å². The van der Waals surface area contributed by atoms with E-state index in [1.165, 1.54) is 30.1 Å². The Hall–Kier alpha value is -3.09. The zero-order valence-corrected chi connectivity index (χ0v) is 19.5. The topological polar surface area (TPSA) is 98.8 Å². The summed E-state index contributed by atoms with van der Waals surface area (Å²) in [5, 5.41) is 3.22. The van der Waals surface area contributed by atoms with E-state index in [2.05, 4.69) is 21.2 Å². The van der Waals surface area contributed by atoms with E-state index >= 15 is 0 Å². The van der Waals surface area contributed by atoms with Crippen molar-refractivity contribution in [2.24, 2.45) is 16.6 Å². The number of benzene rings is 1. The third-order valence-electron chi connectivity index (χ3n) is 6.10. The number of amidine groups is 1. The van der Waals surface area contributed by atoms with Crippen molar-refractivity contribution >= 4 is 28.5 Å². The summed E-state index contributed by atoms with van der Waals surface area (Å²) in [6.45, 7) is 4.26. The summed E-state index contributed by atoms with van der Waals surface area (Å²) >= 11 is 1.49. The van der Waals surface area contributed by atoms with E-state index in [4.69, 9.17) is 21.6 Å². The summed E-state index contributed by atoms with van der Waals surface area (Å²) in [6, 6.07) is 6.16. The van der Waals surface area contributed by atoms with E-state index in [0.29, 0.717) is 34.3 Å². The molecule has 1 aromatic heterocycles. The molecule has 0 radical (unpaired) electrons. The van der Waals surface area contributed by atoms with Gasteiger partial charge >= 0.3 is 0 Å². The molecule has 172 valence electrons. The number of anilines is 1. The lowest BCUT2D eigenvalue weighted by molar-refractivity contribution is 0.102. The number of carbonyl (C=O) groups is 1. The maximum Gasteiger partial charge on any atom is 0.274 e. The molecule has 4 rings (SSSR count). The molecule has 1 aliphatic carbocycles. The number of aliphatic imine (C=N–C) groups is 1. The monoisotopic (exact) mass is 468 g/mol. The van der Waals surface area contributed by atoms with E-state index in [1.807, 2.05) is 6.92 Å². The van der Waals surface area contributed by atoms with Gasteiger partial charge in [0.15, 0.2) is 5.17 Å². The Morgan fingerprint density at radius 3 is 2.94 bits per heavy atom. The number of aromatic nitrogens is 1. The van der Waals surface area contributed by atoms with Gasteiger partial charge in [0.1, 0.15) is 23.9 Å². The van der Waals surface area contributed by atoms with E-state index in [1.54, 1.807) is 26.2 Å². The summed E-state index contributed by atoms with van der Waals surface area (Å²) in [6.07, 6.45) is 7.46. The minimum atomic E-state index is -0.858. The first-order valence-electron chi connectivity index (χ1n) is 10.4. The summed E-state index contributed by atoms with van der Waals surface area (Å²) in [5.74, 6) is 2.11. The number of hydrogen-bond donors (Lipinski definition) is 2. The van der Waals surface area contributed by atoms with Gasteiger partial charge in [-0.15, -0.1) is 6.42 Å². The highest BCUT2D eigenvalue weighted by Crippen LogP contribution is 2.66. The molecule has 0 bridgehead atoms. The standard InChI is InChI=1S/C24H25FN4O3S/c1-5-8-32-16-9-14(2)20(27-12-16)21(30)28-15-6-7-18(25)17(10-15)23(3)19-11-24(19,13-31-4)33-22(26)29-23/h1,6-7,9-10,12,19H,8,11,13H2,2-4H3,(H2,26,29)(H,28,30)/t19?,23-,24-/m1/s1. The predicted molar refractivity (Wildman–Crippen MR) is 127 cm³/mol. The van der Waals surface area contributed by atoms with E-state index in [-0.39, 0.29) is 23.0 Å². The highest BCUT2D eigenvalue weighted by Gasteiger charge is 2.66. The number of fused-ring (bicyclic) bond motifs is 1. The predicted octanol–water partition coefficient (Wildman–Crippen LogP) is 3.48. The minimum Gasteiger partial charge on any atom is -0.479 e. The van der Waals surface area contributed by atoms with Crippen molar-refractivity contribution in [3.63, 3.8) is 0 Å². The van der Waals surface area contributed by atoms with Crippen molar-refractivity contribution in [3.05, 3.63) is 53.1 Å². The third kappa shape index (κ3) is 4.28. The molecule has 2 aliphatic rings. The summed E-state index contributed by atoms with van der Waals surface area (Å²) in [5.41, 5.74) is 6.95. The van der Waals surface area contributed by atoms with Crippen LogP contribution in [0.25, 0.3) is 0 Å². The average molecular weight is 469 g/mol. The number of nitrogens with zero attached hydrogens (tertiary/aromatic N) is 2.